The van der Waals surface area contributed by atoms with Crippen LogP contribution in [0, 0.1) is 5.92 Å². The molecule has 1 fully saturated rings. The third kappa shape index (κ3) is 11.3. The summed E-state index contributed by atoms with van der Waals surface area (Å²) in [5.74, 6) is -7.47. The highest BCUT2D eigenvalue weighted by Gasteiger charge is 2.50. The first-order valence-electron chi connectivity index (χ1n) is 22.3. The lowest BCUT2D eigenvalue weighted by Crippen LogP contribution is -2.49. The normalized spacial score (nSPS) is 21.7. The van der Waals surface area contributed by atoms with Crippen LogP contribution in [0.25, 0.3) is 0 Å². The molecule has 3 aliphatic rings. The number of aromatic hydroxyl groups is 3. The van der Waals surface area contributed by atoms with Gasteiger partial charge in [0.2, 0.25) is 5.91 Å². The number of nitrogens with two attached hydrogens (primary N) is 1. The molecule has 10 N–H and O–H groups in total. The summed E-state index contributed by atoms with van der Waals surface area (Å²) in [4.78, 5) is 90.4. The first-order valence-corrected chi connectivity index (χ1v) is 22.3. The summed E-state index contributed by atoms with van der Waals surface area (Å²) < 4.78 is 28.0. The number of ether oxygens (including phenoxy) is 5. The fourth-order valence-corrected chi connectivity index (χ4v) is 9.11. The Balaban J connectivity index is 0.978. The molecule has 6 atom stereocenters. The highest BCUT2D eigenvalue weighted by molar-refractivity contribution is 6.31. The van der Waals surface area contributed by atoms with Crippen molar-refractivity contribution < 1.29 is 93.0 Å². The van der Waals surface area contributed by atoms with Crippen molar-refractivity contribution >= 4 is 46.4 Å². The van der Waals surface area contributed by atoms with Crippen molar-refractivity contribution in [1.29, 1.82) is 0 Å². The number of anilines is 1. The Morgan fingerprint density at radius 3 is 2.26 bits per heavy atom. The topological polar surface area (TPSA) is 345 Å². The number of nitrogens with one attached hydrogen (secondary N) is 1. The molecule has 1 aliphatic heterocycles. The van der Waals surface area contributed by atoms with Gasteiger partial charge < -0.3 is 70.5 Å². The van der Waals surface area contributed by atoms with Gasteiger partial charge in [-0.3, -0.25) is 33.6 Å². The van der Waals surface area contributed by atoms with Crippen molar-refractivity contribution in [3.05, 3.63) is 74.8 Å². The predicted molar refractivity (Wildman–Crippen MR) is 238 cm³/mol. The van der Waals surface area contributed by atoms with Gasteiger partial charge in [0.05, 0.1) is 62.1 Å². The summed E-state index contributed by atoms with van der Waals surface area (Å²) in [7, 11) is 1.29. The number of primary amides is 1. The van der Waals surface area contributed by atoms with Crippen molar-refractivity contribution in [2.24, 2.45) is 11.7 Å². The summed E-state index contributed by atoms with van der Waals surface area (Å²) in [5.41, 5.74) is 0.719. The average molecular weight is 965 g/mol. The van der Waals surface area contributed by atoms with Crippen LogP contribution in [-0.4, -0.2) is 141 Å². The number of carbonyl (C=O) groups excluding carboxylic acids is 7. The molecule has 2 aliphatic carbocycles. The molecule has 2 amide bonds. The SMILES string of the molecule is COc1ccc(NC(=O)COCCOCCCC(=O)CCCC(=O)C[C@H]2CC(O[C@@H]3C[C@](O)(C(=O)CO)Cc4c(O)c5c(c(O)c43)C(=O)c3c(CO)cccc3C5=O)O[C@@H](C)[C@H]2O)c(O)c1C(N)=O. The second-order valence-corrected chi connectivity index (χ2v) is 17.2. The standard InChI is InChI=1S/C48H56N2O19/c1-23-41(57)25(16-27(54)8-4-7-26(53)9-5-13-66-14-15-67-22-34(56)50-30-11-12-31(65-2)38(44(30)60)47(49)63)17-35(68-23)69-32-19-48(64,33(55)21-52)18-29-37(32)46(62)40-39(43(29)59)42(58)28-10-3-6-24(20-51)36(28)45(40)61/h3,6,10-12,23,25,32,35,41,51-52,57,59-60,62,64H,4-5,7-9,13-22H2,1-2H3,(H2,49,63)(H,50,56)/t23-,25-,32+,35?,41+,48-/m0/s1. The zero-order valence-corrected chi connectivity index (χ0v) is 38.0. The molecule has 21 heteroatoms. The van der Waals surface area contributed by atoms with E-state index in [0.29, 0.717) is 6.42 Å². The largest absolute Gasteiger partial charge is 0.507 e. The second kappa shape index (κ2) is 22.5. The van der Waals surface area contributed by atoms with Gasteiger partial charge in [-0.15, -0.1) is 0 Å². The number of benzene rings is 3. The van der Waals surface area contributed by atoms with E-state index in [2.05, 4.69) is 5.32 Å². The van der Waals surface area contributed by atoms with Crippen LogP contribution in [0.4, 0.5) is 5.69 Å². The smallest absolute Gasteiger partial charge is 0.256 e. The first-order chi connectivity index (χ1) is 32.8. The van der Waals surface area contributed by atoms with E-state index in [0.717, 1.165) is 0 Å². The lowest BCUT2D eigenvalue weighted by Gasteiger charge is -2.42. The van der Waals surface area contributed by atoms with E-state index in [1.54, 1.807) is 0 Å². The van der Waals surface area contributed by atoms with Crippen LogP contribution in [0.15, 0.2) is 30.3 Å². The third-order valence-electron chi connectivity index (χ3n) is 12.6. The second-order valence-electron chi connectivity index (χ2n) is 17.2. The number of methoxy groups -OCH3 is 1. The summed E-state index contributed by atoms with van der Waals surface area (Å²) in [6.45, 7) is -0.170. The number of phenolic OH excluding ortho intramolecular Hbond substituents is 2. The maximum atomic E-state index is 13.9. The molecule has 3 aromatic rings. The maximum Gasteiger partial charge on any atom is 0.256 e. The van der Waals surface area contributed by atoms with Gasteiger partial charge in [-0.2, -0.15) is 0 Å². The molecule has 372 valence electrons. The van der Waals surface area contributed by atoms with Crippen molar-refractivity contribution in [3.63, 3.8) is 0 Å². The molecule has 0 radical (unpaired) electrons. The third-order valence-corrected chi connectivity index (χ3v) is 12.6. The zero-order chi connectivity index (χ0) is 50.3. The van der Waals surface area contributed by atoms with Crippen molar-refractivity contribution in [1.82, 2.24) is 0 Å². The Morgan fingerprint density at radius 1 is 0.870 bits per heavy atom. The molecule has 0 bridgehead atoms. The van der Waals surface area contributed by atoms with Crippen molar-refractivity contribution in [3.8, 4) is 23.0 Å². The van der Waals surface area contributed by atoms with Crippen LogP contribution in [0.3, 0.4) is 0 Å². The van der Waals surface area contributed by atoms with Crippen molar-refractivity contribution in [2.75, 3.05) is 45.5 Å². The van der Waals surface area contributed by atoms with Gasteiger partial charge in [0.15, 0.2) is 29.4 Å². The molecule has 1 unspecified atom stereocenters. The van der Waals surface area contributed by atoms with E-state index >= 15 is 0 Å². The van der Waals surface area contributed by atoms with Gasteiger partial charge in [-0.25, -0.2) is 0 Å². The number of aliphatic hydroxyl groups excluding tert-OH is 3. The van der Waals surface area contributed by atoms with Gasteiger partial charge in [0.25, 0.3) is 5.91 Å². The Hall–Kier alpha value is -6.17. The molecule has 1 heterocycles. The molecular weight excluding hydrogens is 909 g/mol. The number of rotatable bonds is 23. The Bertz CT molecular complexity index is 2510. The first kappa shape index (κ1) is 52.2. The molecule has 0 aromatic heterocycles. The number of fused-ring (bicyclic) bond motifs is 3. The van der Waals surface area contributed by atoms with E-state index in [9.17, 15) is 69.3 Å². The zero-order valence-electron chi connectivity index (χ0n) is 38.0. The number of aliphatic hydroxyl groups is 4. The Kier molecular flexibility index (Phi) is 17.0. The number of carbonyl (C=O) groups is 7. The van der Waals surface area contributed by atoms with Crippen molar-refractivity contribution in [2.45, 2.75) is 102 Å². The molecule has 0 saturated carbocycles. The highest BCUT2D eigenvalue weighted by Crippen LogP contribution is 2.52. The van der Waals surface area contributed by atoms with Crippen LogP contribution in [0.1, 0.15) is 123 Å². The lowest BCUT2D eigenvalue weighted by molar-refractivity contribution is -0.257. The van der Waals surface area contributed by atoms with Crippen LogP contribution in [-0.2, 0) is 51.2 Å². The number of Topliss-reactive ketones (excluding diaryl/α,β-unsaturated/α-hetero) is 3. The van der Waals surface area contributed by atoms with E-state index in [1.807, 2.05) is 0 Å². The molecule has 6 rings (SSSR count). The monoisotopic (exact) mass is 964 g/mol. The Morgan fingerprint density at radius 2 is 1.57 bits per heavy atom. The molecule has 0 spiro atoms. The minimum atomic E-state index is -2.38. The van der Waals surface area contributed by atoms with E-state index in [4.69, 9.17) is 29.4 Å². The van der Waals surface area contributed by atoms with Gasteiger partial charge in [-0.1, -0.05) is 18.2 Å². The summed E-state index contributed by atoms with van der Waals surface area (Å²) in [6.07, 6.45) is -5.30. The number of ketones is 5. The molecule has 1 saturated heterocycles. The number of hydrogen-bond donors (Lipinski definition) is 9. The van der Waals surface area contributed by atoms with E-state index in [1.165, 1.54) is 44.4 Å². The number of phenols is 3. The molecule has 69 heavy (non-hydrogen) atoms. The molecule has 21 nitrogen and oxygen atoms in total. The fraction of sp³-hybridized carbons (Fsp3) is 0.479. The highest BCUT2D eigenvalue weighted by atomic mass is 16.7. The van der Waals surface area contributed by atoms with Crippen LogP contribution in [0.5, 0.6) is 23.0 Å². The van der Waals surface area contributed by atoms with Gasteiger partial charge in [-0.05, 0) is 43.4 Å². The maximum absolute atomic E-state index is 13.9. The minimum Gasteiger partial charge on any atom is -0.507 e. The molecule has 3 aromatic carbocycles. The Labute approximate surface area is 395 Å². The lowest BCUT2D eigenvalue weighted by atomic mass is 9.71. The van der Waals surface area contributed by atoms with Crippen LogP contribution < -0.4 is 15.8 Å². The summed E-state index contributed by atoms with van der Waals surface area (Å²) in [5, 5.41) is 78.5. The average Bonchev–Trinajstić information content (AvgIpc) is 3.31. The summed E-state index contributed by atoms with van der Waals surface area (Å²) in [6, 6.07) is 6.89. The van der Waals surface area contributed by atoms with E-state index < -0.39 is 120 Å². The van der Waals surface area contributed by atoms with E-state index in [-0.39, 0.29) is 121 Å². The number of hydrogen-bond acceptors (Lipinski definition) is 19. The fourth-order valence-electron chi connectivity index (χ4n) is 9.11. The predicted octanol–water partition coefficient (Wildman–Crippen LogP) is 1.74. The quantitative estimate of drug-likeness (QED) is 0.0290. The van der Waals surface area contributed by atoms with Gasteiger partial charge >= 0.3 is 0 Å². The van der Waals surface area contributed by atoms with Crippen LogP contribution in [0.2, 0.25) is 0 Å². The molecular formula is C48H56N2O19. The summed E-state index contributed by atoms with van der Waals surface area (Å²) >= 11 is 0. The van der Waals surface area contributed by atoms with Gasteiger partial charge in [0, 0.05) is 73.8 Å². The number of amides is 2. The van der Waals surface area contributed by atoms with Gasteiger partial charge in [0.1, 0.15) is 53.2 Å². The van der Waals surface area contributed by atoms with Crippen LogP contribution >= 0.6 is 0 Å². The minimum absolute atomic E-state index is 0.0277.